The molecule has 48 heavy (non-hydrogen) atoms. The molecule has 0 aliphatic rings. The Bertz CT molecular complexity index is 2530. The third kappa shape index (κ3) is 4.87. The van der Waals surface area contributed by atoms with Crippen molar-refractivity contribution in [2.45, 2.75) is 0 Å². The van der Waals surface area contributed by atoms with E-state index in [1.807, 2.05) is 0 Å². The molecule has 224 valence electrons. The summed E-state index contributed by atoms with van der Waals surface area (Å²) < 4.78 is 0. The summed E-state index contributed by atoms with van der Waals surface area (Å²) in [7, 11) is 0. The highest BCUT2D eigenvalue weighted by Crippen LogP contribution is 2.45. The van der Waals surface area contributed by atoms with Crippen molar-refractivity contribution in [3.8, 4) is 55.6 Å². The summed E-state index contributed by atoms with van der Waals surface area (Å²) in [5.41, 5.74) is 12.4. The summed E-state index contributed by atoms with van der Waals surface area (Å²) in [6.45, 7) is 0. The highest BCUT2D eigenvalue weighted by Gasteiger charge is 2.17. The average Bonchev–Trinajstić information content (AvgIpc) is 3.17. The van der Waals surface area contributed by atoms with E-state index in [1.165, 1.54) is 88.0 Å². The Morgan fingerprint density at radius 3 is 1.19 bits per heavy atom. The third-order valence-electron chi connectivity index (χ3n) is 9.66. The fraction of sp³-hybridized carbons (Fsp3) is 0. The fourth-order valence-corrected chi connectivity index (χ4v) is 7.41. The van der Waals surface area contributed by atoms with E-state index in [0.717, 1.165) is 0 Å². The Morgan fingerprint density at radius 1 is 0.208 bits per heavy atom. The van der Waals surface area contributed by atoms with Crippen LogP contribution >= 0.6 is 0 Å². The van der Waals surface area contributed by atoms with Gasteiger partial charge in [0.25, 0.3) is 0 Å². The first-order valence-corrected chi connectivity index (χ1v) is 16.6. The Balaban J connectivity index is 1.21. The van der Waals surface area contributed by atoms with Crippen LogP contribution in [0.5, 0.6) is 0 Å². The van der Waals surface area contributed by atoms with Crippen molar-refractivity contribution in [2.75, 3.05) is 0 Å². The van der Waals surface area contributed by atoms with Gasteiger partial charge >= 0.3 is 0 Å². The topological polar surface area (TPSA) is 0 Å². The summed E-state index contributed by atoms with van der Waals surface area (Å²) in [6, 6.07) is 70.7. The van der Waals surface area contributed by atoms with E-state index in [2.05, 4.69) is 194 Å². The number of hydrogen-bond acceptors (Lipinski definition) is 0. The van der Waals surface area contributed by atoms with Crippen LogP contribution in [0, 0.1) is 0 Å². The van der Waals surface area contributed by atoms with E-state index in [9.17, 15) is 0 Å². The van der Waals surface area contributed by atoms with Gasteiger partial charge < -0.3 is 0 Å². The van der Waals surface area contributed by atoms with Crippen LogP contribution in [-0.4, -0.2) is 0 Å². The summed E-state index contributed by atoms with van der Waals surface area (Å²) in [4.78, 5) is 0. The van der Waals surface area contributed by atoms with E-state index < -0.39 is 0 Å². The predicted molar refractivity (Wildman–Crippen MR) is 206 cm³/mol. The Hall–Kier alpha value is -6.24. The molecule has 0 unspecified atom stereocenters. The molecule has 0 saturated carbocycles. The van der Waals surface area contributed by atoms with Crippen molar-refractivity contribution in [3.05, 3.63) is 194 Å². The smallest absolute Gasteiger partial charge is 0.00262 e. The van der Waals surface area contributed by atoms with Crippen LogP contribution in [0.4, 0.5) is 0 Å². The lowest BCUT2D eigenvalue weighted by Crippen LogP contribution is -1.91. The van der Waals surface area contributed by atoms with Crippen LogP contribution in [0.2, 0.25) is 0 Å². The fourth-order valence-electron chi connectivity index (χ4n) is 7.41. The van der Waals surface area contributed by atoms with Crippen LogP contribution in [-0.2, 0) is 0 Å². The summed E-state index contributed by atoms with van der Waals surface area (Å²) >= 11 is 0. The second kappa shape index (κ2) is 11.8. The van der Waals surface area contributed by atoms with Crippen molar-refractivity contribution in [2.24, 2.45) is 0 Å². The van der Waals surface area contributed by atoms with Crippen LogP contribution in [0.1, 0.15) is 0 Å². The highest BCUT2D eigenvalue weighted by molar-refractivity contribution is 6.21. The van der Waals surface area contributed by atoms with Gasteiger partial charge in [0.1, 0.15) is 0 Å². The minimum atomic E-state index is 1.21. The average molecular weight is 609 g/mol. The molecule has 0 nitrogen and oxygen atoms in total. The number of benzene rings is 9. The van der Waals surface area contributed by atoms with E-state index in [0.29, 0.717) is 0 Å². The molecule has 9 rings (SSSR count). The van der Waals surface area contributed by atoms with Crippen molar-refractivity contribution in [1.82, 2.24) is 0 Å². The lowest BCUT2D eigenvalue weighted by Gasteiger charge is -2.19. The molecule has 0 fully saturated rings. The van der Waals surface area contributed by atoms with Gasteiger partial charge in [0.15, 0.2) is 0 Å². The molecule has 0 heterocycles. The number of hydrogen-bond donors (Lipinski definition) is 0. The van der Waals surface area contributed by atoms with Crippen LogP contribution in [0.15, 0.2) is 194 Å². The maximum absolute atomic E-state index is 2.37. The molecular weight excluding hydrogens is 577 g/mol. The molecule has 0 heteroatoms. The molecule has 0 bridgehead atoms. The lowest BCUT2D eigenvalue weighted by atomic mass is 9.84. The molecule has 0 N–H and O–H groups in total. The summed E-state index contributed by atoms with van der Waals surface area (Å²) in [5.74, 6) is 0. The zero-order valence-electron chi connectivity index (χ0n) is 26.5. The van der Waals surface area contributed by atoms with Gasteiger partial charge in [-0.25, -0.2) is 0 Å². The SMILES string of the molecule is c1ccc(-c2ccc(-c3cccc(-c4c5ccccc5c(-c5cccc(-c6cccc7ccccc67)c5)c5ccccc45)c3)cc2)cc1. The standard InChI is InChI=1S/C48H32/c1-2-13-33(14-3-1)34-27-29-35(30-28-34)37-17-10-19-39(31-37)47-43-22-6-8-24-45(43)48(46-25-9-7-23-44(46)47)40-20-11-18-38(32-40)42-26-12-16-36-15-4-5-21-41(36)42/h1-32H. The molecule has 0 aliphatic carbocycles. The van der Waals surface area contributed by atoms with Crippen LogP contribution < -0.4 is 0 Å². The molecule has 0 spiro atoms. The first-order chi connectivity index (χ1) is 23.8. The summed E-state index contributed by atoms with van der Waals surface area (Å²) in [5, 5.41) is 7.58. The maximum Gasteiger partial charge on any atom is -0.00262 e. The van der Waals surface area contributed by atoms with Crippen LogP contribution in [0.3, 0.4) is 0 Å². The van der Waals surface area contributed by atoms with E-state index in [4.69, 9.17) is 0 Å². The van der Waals surface area contributed by atoms with Gasteiger partial charge in [0.2, 0.25) is 0 Å². The minimum Gasteiger partial charge on any atom is -0.0622 e. The van der Waals surface area contributed by atoms with Crippen molar-refractivity contribution < 1.29 is 0 Å². The maximum atomic E-state index is 2.37. The number of rotatable bonds is 5. The van der Waals surface area contributed by atoms with E-state index in [1.54, 1.807) is 0 Å². The van der Waals surface area contributed by atoms with Crippen molar-refractivity contribution in [3.63, 3.8) is 0 Å². The van der Waals surface area contributed by atoms with Gasteiger partial charge in [0.05, 0.1) is 0 Å². The molecule has 0 radical (unpaired) electrons. The molecule has 0 atom stereocenters. The minimum absolute atomic E-state index is 1.21. The third-order valence-corrected chi connectivity index (χ3v) is 9.66. The Morgan fingerprint density at radius 2 is 0.583 bits per heavy atom. The molecule has 0 aromatic heterocycles. The first-order valence-electron chi connectivity index (χ1n) is 16.6. The van der Waals surface area contributed by atoms with E-state index in [-0.39, 0.29) is 0 Å². The Kier molecular flexibility index (Phi) is 6.91. The van der Waals surface area contributed by atoms with E-state index >= 15 is 0 Å². The largest absolute Gasteiger partial charge is 0.0622 e. The molecule has 0 saturated heterocycles. The Labute approximate surface area is 281 Å². The van der Waals surface area contributed by atoms with Crippen LogP contribution in [0.25, 0.3) is 88.0 Å². The van der Waals surface area contributed by atoms with Gasteiger partial charge in [-0.15, -0.1) is 0 Å². The second-order valence-corrected chi connectivity index (χ2v) is 12.5. The monoisotopic (exact) mass is 608 g/mol. The highest BCUT2D eigenvalue weighted by atomic mass is 14.2. The second-order valence-electron chi connectivity index (χ2n) is 12.5. The zero-order chi connectivity index (χ0) is 31.9. The molecule has 9 aromatic rings. The number of fused-ring (bicyclic) bond motifs is 3. The van der Waals surface area contributed by atoms with Gasteiger partial charge in [-0.05, 0) is 100 Å². The molecule has 9 aromatic carbocycles. The predicted octanol–water partition coefficient (Wildman–Crippen LogP) is 13.5. The quantitative estimate of drug-likeness (QED) is 0.171. The first kappa shape index (κ1) is 28.0. The van der Waals surface area contributed by atoms with Gasteiger partial charge in [0, 0.05) is 0 Å². The normalized spacial score (nSPS) is 11.3. The van der Waals surface area contributed by atoms with Crippen molar-refractivity contribution >= 4 is 32.3 Å². The summed E-state index contributed by atoms with van der Waals surface area (Å²) in [6.07, 6.45) is 0. The van der Waals surface area contributed by atoms with Gasteiger partial charge in [-0.3, -0.25) is 0 Å². The van der Waals surface area contributed by atoms with Crippen molar-refractivity contribution in [1.29, 1.82) is 0 Å². The lowest BCUT2D eigenvalue weighted by molar-refractivity contribution is 1.58. The van der Waals surface area contributed by atoms with Gasteiger partial charge in [-0.2, -0.15) is 0 Å². The molecular formula is C48H32. The zero-order valence-corrected chi connectivity index (χ0v) is 26.5. The van der Waals surface area contributed by atoms with Gasteiger partial charge in [-0.1, -0.05) is 182 Å². The molecule has 0 amide bonds. The molecule has 0 aliphatic heterocycles.